The summed E-state index contributed by atoms with van der Waals surface area (Å²) in [5.74, 6) is -0.114. The second kappa shape index (κ2) is 5.17. The van der Waals surface area contributed by atoms with Gasteiger partial charge in [-0.25, -0.2) is 0 Å². The molecule has 1 aromatic carbocycles. The average molecular weight is 229 g/mol. The lowest BCUT2D eigenvalue weighted by atomic mass is 10.3. The summed E-state index contributed by atoms with van der Waals surface area (Å²) in [6.07, 6.45) is -0.0205. The van der Waals surface area contributed by atoms with Crippen molar-refractivity contribution in [2.24, 2.45) is 0 Å². The summed E-state index contributed by atoms with van der Waals surface area (Å²) in [7, 11) is 0. The summed E-state index contributed by atoms with van der Waals surface area (Å²) in [6.45, 7) is 1.40. The molecule has 0 saturated carbocycles. The number of halogens is 1. The van der Waals surface area contributed by atoms with Crippen molar-refractivity contribution in [1.82, 2.24) is 0 Å². The second-order valence-electron chi connectivity index (χ2n) is 2.81. The van der Waals surface area contributed by atoms with Crippen molar-refractivity contribution >= 4 is 34.3 Å². The Morgan fingerprint density at radius 3 is 2.36 bits per heavy atom. The molecule has 0 N–H and O–H groups in total. The van der Waals surface area contributed by atoms with Gasteiger partial charge in [0.15, 0.2) is 0 Å². The van der Waals surface area contributed by atoms with Crippen LogP contribution in [0.15, 0.2) is 29.2 Å². The first-order valence-electron chi connectivity index (χ1n) is 4.03. The molecule has 4 heteroatoms. The predicted octanol–water partition coefficient (Wildman–Crippen LogP) is 2.94. The molecule has 0 unspecified atom stereocenters. The molecule has 0 amide bonds. The lowest BCUT2D eigenvalue weighted by Gasteiger charge is -1.98. The van der Waals surface area contributed by atoms with E-state index in [1.807, 2.05) is 0 Å². The Morgan fingerprint density at radius 2 is 1.86 bits per heavy atom. The van der Waals surface area contributed by atoms with E-state index in [0.29, 0.717) is 5.02 Å². The number of hydrogen-bond donors (Lipinski definition) is 0. The summed E-state index contributed by atoms with van der Waals surface area (Å²) in [5.41, 5.74) is 0. The molecule has 0 aromatic heterocycles. The topological polar surface area (TPSA) is 34.1 Å². The number of carbonyl (C=O) groups excluding carboxylic acids is 2. The molecule has 74 valence electrons. The lowest BCUT2D eigenvalue weighted by Crippen LogP contribution is -1.99. The summed E-state index contributed by atoms with van der Waals surface area (Å²) >= 11 is 6.75. The van der Waals surface area contributed by atoms with Gasteiger partial charge in [-0.1, -0.05) is 23.4 Å². The SMILES string of the molecule is CC(=O)CC(=O)Sc1ccc(Cl)cc1. The Hall–Kier alpha value is -0.800. The third kappa shape index (κ3) is 3.94. The molecule has 0 bridgehead atoms. The quantitative estimate of drug-likeness (QED) is 0.589. The Bertz CT molecular complexity index is 346. The van der Waals surface area contributed by atoms with E-state index >= 15 is 0 Å². The minimum atomic E-state index is -0.139. The van der Waals surface area contributed by atoms with Crippen molar-refractivity contribution in [3.8, 4) is 0 Å². The number of carbonyl (C=O) groups is 2. The number of hydrogen-bond acceptors (Lipinski definition) is 3. The van der Waals surface area contributed by atoms with Gasteiger partial charge < -0.3 is 0 Å². The molecule has 0 aliphatic heterocycles. The van der Waals surface area contributed by atoms with Gasteiger partial charge in [0, 0.05) is 9.92 Å². The second-order valence-corrected chi connectivity index (χ2v) is 4.37. The smallest absolute Gasteiger partial charge is 0.201 e. The Kier molecular flexibility index (Phi) is 4.17. The maximum absolute atomic E-state index is 11.2. The molecule has 0 heterocycles. The summed E-state index contributed by atoms with van der Waals surface area (Å²) in [5, 5.41) is 0.494. The van der Waals surface area contributed by atoms with Crippen molar-refractivity contribution in [2.75, 3.05) is 0 Å². The van der Waals surface area contributed by atoms with Crippen LogP contribution in [-0.4, -0.2) is 10.9 Å². The Balaban J connectivity index is 2.56. The summed E-state index contributed by atoms with van der Waals surface area (Å²) < 4.78 is 0. The van der Waals surface area contributed by atoms with E-state index in [2.05, 4.69) is 0 Å². The van der Waals surface area contributed by atoms with E-state index in [0.717, 1.165) is 16.7 Å². The van der Waals surface area contributed by atoms with Crippen LogP contribution in [0.5, 0.6) is 0 Å². The molecule has 0 radical (unpaired) electrons. The third-order valence-electron chi connectivity index (χ3n) is 1.44. The Morgan fingerprint density at radius 1 is 1.29 bits per heavy atom. The molecular weight excluding hydrogens is 220 g/mol. The van der Waals surface area contributed by atoms with E-state index in [4.69, 9.17) is 11.6 Å². The van der Waals surface area contributed by atoms with Crippen molar-refractivity contribution < 1.29 is 9.59 Å². The van der Waals surface area contributed by atoms with E-state index < -0.39 is 0 Å². The van der Waals surface area contributed by atoms with Crippen molar-refractivity contribution in [2.45, 2.75) is 18.2 Å². The molecule has 1 aromatic rings. The van der Waals surface area contributed by atoms with Crippen LogP contribution in [0.4, 0.5) is 0 Å². The minimum absolute atomic E-state index is 0.0205. The van der Waals surface area contributed by atoms with E-state index in [-0.39, 0.29) is 17.3 Å². The fraction of sp³-hybridized carbons (Fsp3) is 0.200. The highest BCUT2D eigenvalue weighted by molar-refractivity contribution is 8.13. The highest BCUT2D eigenvalue weighted by Gasteiger charge is 2.07. The van der Waals surface area contributed by atoms with Crippen LogP contribution in [0.2, 0.25) is 5.02 Å². The van der Waals surface area contributed by atoms with Crippen LogP contribution >= 0.6 is 23.4 Å². The average Bonchev–Trinajstić information content (AvgIpc) is 2.07. The maximum Gasteiger partial charge on any atom is 0.201 e. The standard InChI is InChI=1S/C10H9ClO2S/c1-7(12)6-10(13)14-9-4-2-8(11)3-5-9/h2-5H,6H2,1H3. The molecule has 0 atom stereocenters. The van der Waals surface area contributed by atoms with Gasteiger partial charge in [-0.15, -0.1) is 0 Å². The van der Waals surface area contributed by atoms with Gasteiger partial charge in [-0.05, 0) is 31.2 Å². The number of Topliss-reactive ketones (excluding diaryl/α,β-unsaturated/α-hetero) is 1. The highest BCUT2D eigenvalue weighted by Crippen LogP contribution is 2.21. The van der Waals surface area contributed by atoms with E-state index in [9.17, 15) is 9.59 Å². The highest BCUT2D eigenvalue weighted by atomic mass is 35.5. The predicted molar refractivity (Wildman–Crippen MR) is 57.6 cm³/mol. The molecule has 0 aliphatic rings. The fourth-order valence-corrected chi connectivity index (χ4v) is 1.81. The fourth-order valence-electron chi connectivity index (χ4n) is 0.873. The molecule has 0 fully saturated rings. The summed E-state index contributed by atoms with van der Waals surface area (Å²) in [6, 6.07) is 6.94. The Labute approximate surface area is 91.6 Å². The largest absolute Gasteiger partial charge is 0.300 e. The van der Waals surface area contributed by atoms with Crippen molar-refractivity contribution in [1.29, 1.82) is 0 Å². The number of benzene rings is 1. The zero-order valence-electron chi connectivity index (χ0n) is 7.62. The first-order valence-corrected chi connectivity index (χ1v) is 5.23. The molecule has 1 rings (SSSR count). The van der Waals surface area contributed by atoms with Crippen LogP contribution in [-0.2, 0) is 9.59 Å². The number of ketones is 1. The van der Waals surface area contributed by atoms with Gasteiger partial charge in [0.2, 0.25) is 5.12 Å². The van der Waals surface area contributed by atoms with Crippen molar-refractivity contribution in [3.63, 3.8) is 0 Å². The van der Waals surface area contributed by atoms with Gasteiger partial charge in [0.25, 0.3) is 0 Å². The van der Waals surface area contributed by atoms with Crippen LogP contribution in [0.25, 0.3) is 0 Å². The van der Waals surface area contributed by atoms with Crippen LogP contribution in [0.3, 0.4) is 0 Å². The molecule has 0 spiro atoms. The van der Waals surface area contributed by atoms with Crippen molar-refractivity contribution in [3.05, 3.63) is 29.3 Å². The molecular formula is C10H9ClO2S. The normalized spacial score (nSPS) is 9.86. The van der Waals surface area contributed by atoms with Gasteiger partial charge in [-0.3, -0.25) is 9.59 Å². The molecule has 0 aliphatic carbocycles. The monoisotopic (exact) mass is 228 g/mol. The third-order valence-corrected chi connectivity index (χ3v) is 2.57. The number of rotatable bonds is 3. The molecule has 14 heavy (non-hydrogen) atoms. The zero-order valence-corrected chi connectivity index (χ0v) is 9.19. The lowest BCUT2D eigenvalue weighted by molar-refractivity contribution is -0.121. The minimum Gasteiger partial charge on any atom is -0.300 e. The van der Waals surface area contributed by atoms with E-state index in [1.54, 1.807) is 24.3 Å². The van der Waals surface area contributed by atoms with Crippen LogP contribution < -0.4 is 0 Å². The van der Waals surface area contributed by atoms with E-state index in [1.165, 1.54) is 6.92 Å². The van der Waals surface area contributed by atoms with Crippen LogP contribution in [0.1, 0.15) is 13.3 Å². The summed E-state index contributed by atoms with van der Waals surface area (Å²) in [4.78, 5) is 22.7. The zero-order chi connectivity index (χ0) is 10.6. The van der Waals surface area contributed by atoms with Gasteiger partial charge in [0.05, 0.1) is 6.42 Å². The first-order chi connectivity index (χ1) is 6.58. The maximum atomic E-state index is 11.2. The molecule has 0 saturated heterocycles. The van der Waals surface area contributed by atoms with Gasteiger partial charge in [-0.2, -0.15) is 0 Å². The van der Waals surface area contributed by atoms with Gasteiger partial charge >= 0.3 is 0 Å². The first kappa shape index (κ1) is 11.3. The van der Waals surface area contributed by atoms with Gasteiger partial charge in [0.1, 0.15) is 5.78 Å². The molecule has 2 nitrogen and oxygen atoms in total. The number of thioether (sulfide) groups is 1. The van der Waals surface area contributed by atoms with Crippen LogP contribution in [0, 0.1) is 0 Å².